The largest absolute Gasteiger partial charge is 0.344 e. The first-order chi connectivity index (χ1) is 11.9. The van der Waals surface area contributed by atoms with Gasteiger partial charge in [0.1, 0.15) is 11.9 Å². The van der Waals surface area contributed by atoms with E-state index < -0.39 is 21.9 Å². The molecule has 0 bridgehead atoms. The van der Waals surface area contributed by atoms with Crippen LogP contribution in [-0.2, 0) is 19.6 Å². The molecule has 0 saturated carbocycles. The Morgan fingerprint density at radius 3 is 2.48 bits per heavy atom. The molecule has 7 nitrogen and oxygen atoms in total. The molecular formula is C16H20FN3O4S. The molecule has 1 aromatic carbocycles. The molecule has 0 aromatic heterocycles. The van der Waals surface area contributed by atoms with Crippen LogP contribution >= 0.6 is 0 Å². The topological polar surface area (TPSA) is 86.8 Å². The van der Waals surface area contributed by atoms with Crippen molar-refractivity contribution >= 4 is 21.8 Å². The van der Waals surface area contributed by atoms with Crippen LogP contribution < -0.4 is 5.32 Å². The molecule has 0 aliphatic carbocycles. The van der Waals surface area contributed by atoms with E-state index in [2.05, 4.69) is 5.32 Å². The maximum Gasteiger partial charge on any atom is 0.245 e. The van der Waals surface area contributed by atoms with Crippen molar-refractivity contribution in [2.24, 2.45) is 0 Å². The highest BCUT2D eigenvalue weighted by molar-refractivity contribution is 7.89. The fourth-order valence-corrected chi connectivity index (χ4v) is 4.60. The maximum absolute atomic E-state index is 13.0. The minimum absolute atomic E-state index is 0.0386. The van der Waals surface area contributed by atoms with Crippen LogP contribution in [0.15, 0.2) is 29.2 Å². The standard InChI is InChI=1S/C16H20FN3O4S/c17-12-2-4-13(5-3-12)25(23,24)20-9-1-8-19(10-11-20)16(22)14-6-7-15(21)18-14/h2-5,14H,1,6-11H2,(H,18,21). The first kappa shape index (κ1) is 17.8. The lowest BCUT2D eigenvalue weighted by Gasteiger charge is -2.24. The molecule has 9 heteroatoms. The van der Waals surface area contributed by atoms with Crippen molar-refractivity contribution in [3.8, 4) is 0 Å². The van der Waals surface area contributed by atoms with E-state index in [1.165, 1.54) is 16.4 Å². The summed E-state index contributed by atoms with van der Waals surface area (Å²) in [5.41, 5.74) is 0. The van der Waals surface area contributed by atoms with Gasteiger partial charge in [-0.05, 0) is 37.1 Å². The highest BCUT2D eigenvalue weighted by Crippen LogP contribution is 2.19. The smallest absolute Gasteiger partial charge is 0.245 e. The first-order valence-electron chi connectivity index (χ1n) is 8.22. The number of sulfonamides is 1. The van der Waals surface area contributed by atoms with E-state index in [9.17, 15) is 22.4 Å². The van der Waals surface area contributed by atoms with Gasteiger partial charge in [-0.15, -0.1) is 0 Å². The molecule has 1 unspecified atom stereocenters. The van der Waals surface area contributed by atoms with Gasteiger partial charge in [0.05, 0.1) is 4.90 Å². The predicted octanol–water partition coefficient (Wildman–Crippen LogP) is 0.327. The Bertz CT molecular complexity index is 766. The highest BCUT2D eigenvalue weighted by Gasteiger charge is 2.33. The van der Waals surface area contributed by atoms with Crippen molar-refractivity contribution < 1.29 is 22.4 Å². The van der Waals surface area contributed by atoms with E-state index in [0.717, 1.165) is 12.1 Å². The molecule has 25 heavy (non-hydrogen) atoms. The number of halogens is 1. The Hall–Kier alpha value is -2.00. The number of benzene rings is 1. The van der Waals surface area contributed by atoms with Crippen LogP contribution in [0.4, 0.5) is 4.39 Å². The third-order valence-electron chi connectivity index (χ3n) is 4.51. The van der Waals surface area contributed by atoms with Crippen molar-refractivity contribution in [3.63, 3.8) is 0 Å². The number of nitrogens with zero attached hydrogens (tertiary/aromatic N) is 2. The molecule has 1 atom stereocenters. The quantitative estimate of drug-likeness (QED) is 0.832. The summed E-state index contributed by atoms with van der Waals surface area (Å²) in [6.45, 7) is 1.18. The number of amides is 2. The lowest BCUT2D eigenvalue weighted by atomic mass is 10.2. The van der Waals surface area contributed by atoms with Crippen LogP contribution in [0.25, 0.3) is 0 Å². The number of nitrogens with one attached hydrogen (secondary N) is 1. The van der Waals surface area contributed by atoms with Crippen LogP contribution in [-0.4, -0.2) is 61.7 Å². The Morgan fingerprint density at radius 1 is 1.12 bits per heavy atom. The minimum Gasteiger partial charge on any atom is -0.344 e. The summed E-state index contributed by atoms with van der Waals surface area (Å²) in [7, 11) is -3.72. The average Bonchev–Trinajstić information content (AvgIpc) is 2.86. The van der Waals surface area contributed by atoms with Gasteiger partial charge < -0.3 is 10.2 Å². The van der Waals surface area contributed by atoms with Crippen molar-refractivity contribution in [3.05, 3.63) is 30.1 Å². The molecule has 1 aromatic rings. The van der Waals surface area contributed by atoms with Gasteiger partial charge in [0, 0.05) is 32.6 Å². The second-order valence-corrected chi connectivity index (χ2v) is 8.13. The molecule has 0 radical (unpaired) electrons. The summed E-state index contributed by atoms with van der Waals surface area (Å²) in [4.78, 5) is 25.4. The zero-order chi connectivity index (χ0) is 18.0. The first-order valence-corrected chi connectivity index (χ1v) is 9.66. The molecule has 1 N–H and O–H groups in total. The van der Waals surface area contributed by atoms with Crippen molar-refractivity contribution in [1.29, 1.82) is 0 Å². The molecule has 2 saturated heterocycles. The van der Waals surface area contributed by atoms with E-state index in [4.69, 9.17) is 0 Å². The average molecular weight is 369 g/mol. The molecule has 2 fully saturated rings. The summed E-state index contributed by atoms with van der Waals surface area (Å²) < 4.78 is 39.7. The van der Waals surface area contributed by atoms with Gasteiger partial charge in [0.2, 0.25) is 21.8 Å². The number of carbonyl (C=O) groups is 2. The number of carbonyl (C=O) groups excluding carboxylic acids is 2. The second kappa shape index (κ2) is 7.09. The highest BCUT2D eigenvalue weighted by atomic mass is 32.2. The Kier molecular flexibility index (Phi) is 5.05. The maximum atomic E-state index is 13.0. The molecular weight excluding hydrogens is 349 g/mol. The molecule has 0 spiro atoms. The van der Waals surface area contributed by atoms with E-state index in [0.29, 0.717) is 32.4 Å². The Balaban J connectivity index is 1.67. The van der Waals surface area contributed by atoms with Crippen molar-refractivity contribution in [2.75, 3.05) is 26.2 Å². The lowest BCUT2D eigenvalue weighted by molar-refractivity contribution is -0.134. The van der Waals surface area contributed by atoms with Gasteiger partial charge in [-0.1, -0.05) is 0 Å². The van der Waals surface area contributed by atoms with E-state index in [1.54, 1.807) is 4.90 Å². The van der Waals surface area contributed by atoms with E-state index >= 15 is 0 Å². The number of rotatable bonds is 3. The molecule has 2 aliphatic rings. The normalized spacial score (nSPS) is 22.5. The Labute approximate surface area is 145 Å². The van der Waals surface area contributed by atoms with Gasteiger partial charge in [-0.25, -0.2) is 12.8 Å². The van der Waals surface area contributed by atoms with Gasteiger partial charge in [0.25, 0.3) is 0 Å². The molecule has 3 rings (SSSR count). The minimum atomic E-state index is -3.72. The molecule has 2 aliphatic heterocycles. The van der Waals surface area contributed by atoms with E-state index in [1.807, 2.05) is 0 Å². The van der Waals surface area contributed by atoms with Gasteiger partial charge >= 0.3 is 0 Å². The van der Waals surface area contributed by atoms with Gasteiger partial charge in [-0.3, -0.25) is 9.59 Å². The zero-order valence-corrected chi connectivity index (χ0v) is 14.5. The van der Waals surface area contributed by atoms with Crippen LogP contribution in [0.2, 0.25) is 0 Å². The van der Waals surface area contributed by atoms with Gasteiger partial charge in [-0.2, -0.15) is 4.31 Å². The summed E-state index contributed by atoms with van der Waals surface area (Å²) in [5, 5.41) is 2.65. The van der Waals surface area contributed by atoms with Crippen molar-refractivity contribution in [2.45, 2.75) is 30.2 Å². The van der Waals surface area contributed by atoms with Gasteiger partial charge in [0.15, 0.2) is 0 Å². The summed E-state index contributed by atoms with van der Waals surface area (Å²) in [6, 6.07) is 4.21. The number of hydrogen-bond donors (Lipinski definition) is 1. The van der Waals surface area contributed by atoms with Crippen LogP contribution in [0.5, 0.6) is 0 Å². The Morgan fingerprint density at radius 2 is 1.84 bits per heavy atom. The fraction of sp³-hybridized carbons (Fsp3) is 0.500. The molecule has 2 heterocycles. The lowest BCUT2D eigenvalue weighted by Crippen LogP contribution is -2.46. The SMILES string of the molecule is O=C1CCC(C(=O)N2CCCN(S(=O)(=O)c3ccc(F)cc3)CC2)N1. The van der Waals surface area contributed by atoms with Crippen LogP contribution in [0, 0.1) is 5.82 Å². The predicted molar refractivity (Wildman–Crippen MR) is 87.5 cm³/mol. The number of hydrogen-bond acceptors (Lipinski definition) is 4. The second-order valence-electron chi connectivity index (χ2n) is 6.20. The molecule has 136 valence electrons. The summed E-state index contributed by atoms with van der Waals surface area (Å²) in [5.74, 6) is -0.786. The summed E-state index contributed by atoms with van der Waals surface area (Å²) >= 11 is 0. The molecule has 2 amide bonds. The van der Waals surface area contributed by atoms with E-state index in [-0.39, 0.29) is 29.8 Å². The monoisotopic (exact) mass is 369 g/mol. The van der Waals surface area contributed by atoms with Crippen LogP contribution in [0.1, 0.15) is 19.3 Å². The third-order valence-corrected chi connectivity index (χ3v) is 6.42. The van der Waals surface area contributed by atoms with Crippen molar-refractivity contribution in [1.82, 2.24) is 14.5 Å². The summed E-state index contributed by atoms with van der Waals surface area (Å²) in [6.07, 6.45) is 1.33. The third kappa shape index (κ3) is 3.82. The van der Waals surface area contributed by atoms with Crippen LogP contribution in [0.3, 0.4) is 0 Å². The zero-order valence-electron chi connectivity index (χ0n) is 13.7. The fourth-order valence-electron chi connectivity index (χ4n) is 3.13.